The lowest BCUT2D eigenvalue weighted by Gasteiger charge is -1.99. The molecule has 0 fully saturated rings. The summed E-state index contributed by atoms with van der Waals surface area (Å²) >= 11 is 0. The van der Waals surface area contributed by atoms with E-state index in [1.807, 2.05) is 54.6 Å². The van der Waals surface area contributed by atoms with Crippen molar-refractivity contribution in [2.24, 2.45) is 0 Å². The number of benzene rings is 1. The highest BCUT2D eigenvalue weighted by Crippen LogP contribution is 2.14. The van der Waals surface area contributed by atoms with Crippen molar-refractivity contribution in [3.63, 3.8) is 0 Å². The molecule has 2 nitrogen and oxygen atoms in total. The fraction of sp³-hybridized carbons (Fsp3) is 0.0556. The topological polar surface area (TPSA) is 37.3 Å². The van der Waals surface area contributed by atoms with Crippen molar-refractivity contribution in [3.05, 3.63) is 89.6 Å². The van der Waals surface area contributed by atoms with Crippen molar-refractivity contribution >= 4 is 11.5 Å². The molecule has 1 aliphatic rings. The van der Waals surface area contributed by atoms with Crippen LogP contribution in [0.1, 0.15) is 12.5 Å². The summed E-state index contributed by atoms with van der Waals surface area (Å²) in [4.78, 5) is 11.6. The van der Waals surface area contributed by atoms with Crippen LogP contribution >= 0.6 is 0 Å². The average molecular weight is 264 g/mol. The number of Topliss-reactive ketones (excluding diaryl/α,β-unsaturated/α-hetero) is 1. The van der Waals surface area contributed by atoms with Crippen LogP contribution in [0, 0.1) is 0 Å². The van der Waals surface area contributed by atoms with Gasteiger partial charge in [0.15, 0.2) is 5.78 Å². The third-order valence-corrected chi connectivity index (χ3v) is 2.91. The van der Waals surface area contributed by atoms with Gasteiger partial charge in [-0.2, -0.15) is 0 Å². The molecule has 0 unspecified atom stereocenters. The number of carbonyl (C=O) groups is 1. The van der Waals surface area contributed by atoms with Crippen LogP contribution in [0.25, 0.3) is 5.76 Å². The molecule has 0 aliphatic heterocycles. The molecule has 1 N–H and O–H groups in total. The minimum Gasteiger partial charge on any atom is -0.507 e. The Balaban J connectivity index is 2.26. The third kappa shape index (κ3) is 3.69. The minimum atomic E-state index is -0.0386. The second-order valence-corrected chi connectivity index (χ2v) is 4.46. The van der Waals surface area contributed by atoms with Gasteiger partial charge < -0.3 is 5.11 Å². The normalized spacial score (nSPS) is 14.8. The third-order valence-electron chi connectivity index (χ3n) is 2.91. The highest BCUT2D eigenvalue weighted by atomic mass is 16.3. The van der Waals surface area contributed by atoms with E-state index in [-0.39, 0.29) is 11.5 Å². The molecule has 100 valence electrons. The minimum absolute atomic E-state index is 0.0386. The van der Waals surface area contributed by atoms with Crippen LogP contribution in [0.2, 0.25) is 0 Å². The van der Waals surface area contributed by atoms with E-state index in [9.17, 15) is 9.90 Å². The molecule has 0 bridgehead atoms. The molecule has 2 rings (SSSR count). The zero-order valence-corrected chi connectivity index (χ0v) is 11.3. The SMILES string of the molecule is CC(=O)C(C=C1C=CC=C1)=CC=C(O)c1ccccc1. The fourth-order valence-corrected chi connectivity index (χ4v) is 1.81. The molecule has 0 saturated carbocycles. The number of hydrogen-bond acceptors (Lipinski definition) is 2. The Labute approximate surface area is 118 Å². The van der Waals surface area contributed by atoms with E-state index in [0.717, 1.165) is 11.1 Å². The number of hydrogen-bond donors (Lipinski definition) is 1. The summed E-state index contributed by atoms with van der Waals surface area (Å²) in [5.74, 6) is 0.101. The number of aliphatic hydroxyl groups excluding tert-OH is 1. The van der Waals surface area contributed by atoms with Gasteiger partial charge in [0.05, 0.1) is 0 Å². The average Bonchev–Trinajstić information content (AvgIpc) is 2.96. The van der Waals surface area contributed by atoms with Crippen LogP contribution in [0.5, 0.6) is 0 Å². The first kappa shape index (κ1) is 13.8. The molecule has 0 radical (unpaired) electrons. The molecule has 0 spiro atoms. The number of ketones is 1. The monoisotopic (exact) mass is 264 g/mol. The van der Waals surface area contributed by atoms with Gasteiger partial charge in [-0.3, -0.25) is 4.79 Å². The summed E-state index contributed by atoms with van der Waals surface area (Å²) in [5.41, 5.74) is 2.25. The second-order valence-electron chi connectivity index (χ2n) is 4.46. The predicted octanol–water partition coefficient (Wildman–Crippen LogP) is 4.15. The summed E-state index contributed by atoms with van der Waals surface area (Å²) in [5, 5.41) is 9.97. The summed E-state index contributed by atoms with van der Waals surface area (Å²) in [6, 6.07) is 9.22. The lowest BCUT2D eigenvalue weighted by molar-refractivity contribution is -0.113. The first-order chi connectivity index (χ1) is 9.66. The number of aliphatic hydroxyl groups is 1. The van der Waals surface area contributed by atoms with Gasteiger partial charge in [-0.25, -0.2) is 0 Å². The van der Waals surface area contributed by atoms with Crippen LogP contribution in [-0.2, 0) is 4.79 Å². The first-order valence-electron chi connectivity index (χ1n) is 6.40. The van der Waals surface area contributed by atoms with E-state index < -0.39 is 0 Å². The molecule has 0 saturated heterocycles. The summed E-state index contributed by atoms with van der Waals surface area (Å²) in [7, 11) is 0. The lowest BCUT2D eigenvalue weighted by Crippen LogP contribution is -1.93. The predicted molar refractivity (Wildman–Crippen MR) is 82.2 cm³/mol. The largest absolute Gasteiger partial charge is 0.507 e. The van der Waals surface area contributed by atoms with Crippen molar-refractivity contribution in [1.29, 1.82) is 0 Å². The first-order valence-corrected chi connectivity index (χ1v) is 6.40. The van der Waals surface area contributed by atoms with Crippen LogP contribution in [0.3, 0.4) is 0 Å². The van der Waals surface area contributed by atoms with E-state index in [2.05, 4.69) is 0 Å². The van der Waals surface area contributed by atoms with Crippen LogP contribution < -0.4 is 0 Å². The smallest absolute Gasteiger partial charge is 0.159 e. The summed E-state index contributed by atoms with van der Waals surface area (Å²) in [6.45, 7) is 1.51. The van der Waals surface area contributed by atoms with E-state index in [1.54, 1.807) is 18.2 Å². The van der Waals surface area contributed by atoms with Gasteiger partial charge in [0.25, 0.3) is 0 Å². The van der Waals surface area contributed by atoms with Gasteiger partial charge in [-0.15, -0.1) is 0 Å². The fourth-order valence-electron chi connectivity index (χ4n) is 1.81. The quantitative estimate of drug-likeness (QED) is 0.504. The van der Waals surface area contributed by atoms with Gasteiger partial charge in [-0.05, 0) is 30.7 Å². The van der Waals surface area contributed by atoms with Gasteiger partial charge in [0, 0.05) is 11.1 Å². The maximum atomic E-state index is 11.6. The molecule has 0 aromatic heterocycles. The molecule has 0 amide bonds. The highest BCUT2D eigenvalue weighted by Gasteiger charge is 2.02. The van der Waals surface area contributed by atoms with E-state index in [1.165, 1.54) is 6.92 Å². The maximum absolute atomic E-state index is 11.6. The number of rotatable bonds is 4. The Morgan fingerprint density at radius 2 is 1.70 bits per heavy atom. The second kappa shape index (κ2) is 6.53. The lowest BCUT2D eigenvalue weighted by atomic mass is 10.1. The zero-order chi connectivity index (χ0) is 14.4. The highest BCUT2D eigenvalue weighted by molar-refractivity contribution is 5.97. The van der Waals surface area contributed by atoms with E-state index >= 15 is 0 Å². The Bertz CT molecular complexity index is 627. The summed E-state index contributed by atoms with van der Waals surface area (Å²) < 4.78 is 0. The summed E-state index contributed by atoms with van der Waals surface area (Å²) in [6.07, 6.45) is 12.7. The van der Waals surface area contributed by atoms with Crippen molar-refractivity contribution in [2.45, 2.75) is 6.92 Å². The molecule has 1 aromatic carbocycles. The van der Waals surface area contributed by atoms with Crippen molar-refractivity contribution in [2.75, 3.05) is 0 Å². The molecule has 2 heteroatoms. The number of allylic oxidation sites excluding steroid dienone is 9. The van der Waals surface area contributed by atoms with Crippen molar-refractivity contribution < 1.29 is 9.90 Å². The van der Waals surface area contributed by atoms with Crippen molar-refractivity contribution in [3.8, 4) is 0 Å². The Morgan fingerprint density at radius 1 is 1.05 bits per heavy atom. The Kier molecular flexibility index (Phi) is 4.51. The molecule has 0 heterocycles. The number of carbonyl (C=O) groups excluding carboxylic acids is 1. The van der Waals surface area contributed by atoms with Crippen LogP contribution in [0.4, 0.5) is 0 Å². The van der Waals surface area contributed by atoms with Gasteiger partial charge in [0.2, 0.25) is 0 Å². The van der Waals surface area contributed by atoms with Crippen LogP contribution in [0.15, 0.2) is 84.0 Å². The zero-order valence-electron chi connectivity index (χ0n) is 11.3. The maximum Gasteiger partial charge on any atom is 0.159 e. The Morgan fingerprint density at radius 3 is 2.30 bits per heavy atom. The molecule has 0 atom stereocenters. The van der Waals surface area contributed by atoms with Gasteiger partial charge in [0.1, 0.15) is 5.76 Å². The van der Waals surface area contributed by atoms with E-state index in [4.69, 9.17) is 0 Å². The Hall–Kier alpha value is -2.61. The molecular weight excluding hydrogens is 248 g/mol. The van der Waals surface area contributed by atoms with Gasteiger partial charge in [-0.1, -0.05) is 54.6 Å². The van der Waals surface area contributed by atoms with Crippen molar-refractivity contribution in [1.82, 2.24) is 0 Å². The molecule has 20 heavy (non-hydrogen) atoms. The molecule has 1 aromatic rings. The van der Waals surface area contributed by atoms with Gasteiger partial charge >= 0.3 is 0 Å². The standard InChI is InChI=1S/C18H16O2/c1-14(19)17(13-15-7-5-6-8-15)11-12-18(20)16-9-3-2-4-10-16/h2-13,20H,1H3. The molecule has 1 aliphatic carbocycles. The van der Waals surface area contributed by atoms with E-state index in [0.29, 0.717) is 5.57 Å². The molecular formula is C18H16O2. The van der Waals surface area contributed by atoms with Crippen LogP contribution in [-0.4, -0.2) is 10.9 Å².